The van der Waals surface area contributed by atoms with E-state index in [4.69, 9.17) is 28.4 Å². The van der Waals surface area contributed by atoms with Crippen molar-refractivity contribution in [2.75, 3.05) is 5.32 Å². The van der Waals surface area contributed by atoms with Gasteiger partial charge in [-0.05, 0) is 18.2 Å². The molecule has 2 N–H and O–H groups in total. The second-order valence-corrected chi connectivity index (χ2v) is 3.18. The van der Waals surface area contributed by atoms with Crippen LogP contribution >= 0.6 is 23.2 Å². The minimum Gasteiger partial charge on any atom is -0.411 e. The van der Waals surface area contributed by atoms with Gasteiger partial charge < -0.3 is 10.5 Å². The van der Waals surface area contributed by atoms with Crippen LogP contribution in [0.2, 0.25) is 10.0 Å². The molecule has 4 nitrogen and oxygen atoms in total. The van der Waals surface area contributed by atoms with Gasteiger partial charge >= 0.3 is 0 Å². The molecular weight excluding hydrogens is 227 g/mol. The summed E-state index contributed by atoms with van der Waals surface area (Å²) in [7, 11) is 0. The molecule has 0 unspecified atom stereocenters. The third kappa shape index (κ3) is 2.90. The summed E-state index contributed by atoms with van der Waals surface area (Å²) in [6.07, 6.45) is 0.739. The summed E-state index contributed by atoms with van der Waals surface area (Å²) in [6.45, 7) is 0. The first-order valence-electron chi connectivity index (χ1n) is 3.57. The van der Waals surface area contributed by atoms with Crippen LogP contribution in [0.4, 0.5) is 5.69 Å². The molecule has 0 aliphatic heterocycles. The zero-order chi connectivity index (χ0) is 10.6. The highest BCUT2D eigenvalue weighted by atomic mass is 35.5. The summed E-state index contributed by atoms with van der Waals surface area (Å²) in [5.74, 6) is -0.550. The molecule has 0 saturated carbocycles. The lowest BCUT2D eigenvalue weighted by atomic mass is 10.3. The first-order valence-corrected chi connectivity index (χ1v) is 4.32. The Morgan fingerprint density at radius 1 is 1.43 bits per heavy atom. The van der Waals surface area contributed by atoms with Gasteiger partial charge in [0.15, 0.2) is 0 Å². The molecule has 1 aromatic carbocycles. The number of hydrogen-bond acceptors (Lipinski definition) is 3. The van der Waals surface area contributed by atoms with E-state index in [1.54, 1.807) is 12.1 Å². The van der Waals surface area contributed by atoms with Crippen LogP contribution in [0.15, 0.2) is 23.4 Å². The molecule has 0 radical (unpaired) electrons. The molecule has 0 atom stereocenters. The van der Waals surface area contributed by atoms with Crippen LogP contribution in [-0.4, -0.2) is 17.3 Å². The fraction of sp³-hybridized carbons (Fsp3) is 0. The van der Waals surface area contributed by atoms with Gasteiger partial charge in [0.1, 0.15) is 6.21 Å². The number of nitrogens with zero attached hydrogens (tertiary/aromatic N) is 1. The smallest absolute Gasteiger partial charge is 0.270 e. The molecule has 0 heterocycles. The van der Waals surface area contributed by atoms with Crippen LogP contribution < -0.4 is 5.32 Å². The van der Waals surface area contributed by atoms with Gasteiger partial charge in [-0.15, -0.1) is 0 Å². The second kappa shape index (κ2) is 4.83. The highest BCUT2D eigenvalue weighted by molar-refractivity contribution is 6.42. The van der Waals surface area contributed by atoms with Gasteiger partial charge in [0.05, 0.1) is 10.0 Å². The van der Waals surface area contributed by atoms with Crippen molar-refractivity contribution < 1.29 is 10.0 Å². The first-order chi connectivity index (χ1) is 6.63. The lowest BCUT2D eigenvalue weighted by Crippen LogP contribution is -2.12. The molecule has 74 valence electrons. The van der Waals surface area contributed by atoms with E-state index in [2.05, 4.69) is 10.5 Å². The minimum absolute atomic E-state index is 0.338. The Balaban J connectivity index is 2.78. The summed E-state index contributed by atoms with van der Waals surface area (Å²) >= 11 is 11.4. The normalized spacial score (nSPS) is 10.4. The predicted molar refractivity (Wildman–Crippen MR) is 55.4 cm³/mol. The number of nitrogens with one attached hydrogen (secondary N) is 1. The van der Waals surface area contributed by atoms with Crippen molar-refractivity contribution in [1.29, 1.82) is 0 Å². The van der Waals surface area contributed by atoms with E-state index in [-0.39, 0.29) is 0 Å². The molecule has 0 fully saturated rings. The van der Waals surface area contributed by atoms with Crippen molar-refractivity contribution in [1.82, 2.24) is 0 Å². The summed E-state index contributed by atoms with van der Waals surface area (Å²) in [6, 6.07) is 4.62. The third-order valence-electron chi connectivity index (χ3n) is 1.36. The van der Waals surface area contributed by atoms with Crippen molar-refractivity contribution in [2.45, 2.75) is 0 Å². The number of carbonyl (C=O) groups is 1. The molecule has 0 aromatic heterocycles. The van der Waals surface area contributed by atoms with E-state index in [1.165, 1.54) is 6.07 Å². The van der Waals surface area contributed by atoms with Crippen LogP contribution in [0.5, 0.6) is 0 Å². The SMILES string of the molecule is O=C(C=NO)Nc1ccc(Cl)c(Cl)c1. The van der Waals surface area contributed by atoms with Crippen molar-refractivity contribution in [3.63, 3.8) is 0 Å². The van der Waals surface area contributed by atoms with Gasteiger partial charge in [-0.1, -0.05) is 28.4 Å². The van der Waals surface area contributed by atoms with Gasteiger partial charge in [0.25, 0.3) is 5.91 Å². The average Bonchev–Trinajstić information content (AvgIpc) is 2.12. The Kier molecular flexibility index (Phi) is 3.73. The number of carbonyl (C=O) groups excluding carboxylic acids is 1. The Hall–Kier alpha value is -1.26. The van der Waals surface area contributed by atoms with Crippen molar-refractivity contribution >= 4 is 41.0 Å². The second-order valence-electron chi connectivity index (χ2n) is 2.36. The summed E-state index contributed by atoms with van der Waals surface area (Å²) in [5.41, 5.74) is 0.476. The molecule has 1 amide bonds. The fourth-order valence-corrected chi connectivity index (χ4v) is 1.10. The lowest BCUT2D eigenvalue weighted by Gasteiger charge is -2.02. The number of anilines is 1. The Morgan fingerprint density at radius 3 is 2.71 bits per heavy atom. The van der Waals surface area contributed by atoms with Crippen LogP contribution in [-0.2, 0) is 4.79 Å². The maximum atomic E-state index is 10.9. The molecule has 1 aromatic rings. The number of hydrogen-bond donors (Lipinski definition) is 2. The summed E-state index contributed by atoms with van der Waals surface area (Å²) < 4.78 is 0. The Bertz CT molecular complexity index is 380. The molecule has 1 rings (SSSR count). The van der Waals surface area contributed by atoms with Crippen molar-refractivity contribution in [3.05, 3.63) is 28.2 Å². The van der Waals surface area contributed by atoms with Gasteiger partial charge in [-0.2, -0.15) is 0 Å². The number of rotatable bonds is 2. The number of halogens is 2. The quantitative estimate of drug-likeness (QED) is 0.468. The Morgan fingerprint density at radius 2 is 2.14 bits per heavy atom. The molecule has 0 aliphatic rings. The van der Waals surface area contributed by atoms with Gasteiger partial charge in [-0.25, -0.2) is 0 Å². The van der Waals surface area contributed by atoms with E-state index >= 15 is 0 Å². The molecule has 0 saturated heterocycles. The van der Waals surface area contributed by atoms with Gasteiger partial charge in [0.2, 0.25) is 0 Å². The minimum atomic E-state index is -0.550. The van der Waals surface area contributed by atoms with E-state index < -0.39 is 5.91 Å². The highest BCUT2D eigenvalue weighted by Gasteiger charge is 2.01. The topological polar surface area (TPSA) is 61.7 Å². The largest absolute Gasteiger partial charge is 0.411 e. The molecular formula is C8H6Cl2N2O2. The maximum Gasteiger partial charge on any atom is 0.270 e. The highest BCUT2D eigenvalue weighted by Crippen LogP contribution is 2.24. The zero-order valence-electron chi connectivity index (χ0n) is 6.87. The number of amides is 1. The van der Waals surface area contributed by atoms with Gasteiger partial charge in [0, 0.05) is 5.69 Å². The molecule has 0 spiro atoms. The van der Waals surface area contributed by atoms with E-state index in [0.717, 1.165) is 6.21 Å². The van der Waals surface area contributed by atoms with E-state index in [0.29, 0.717) is 15.7 Å². The van der Waals surface area contributed by atoms with E-state index in [9.17, 15) is 4.79 Å². The summed E-state index contributed by atoms with van der Waals surface area (Å²) in [4.78, 5) is 10.9. The van der Waals surface area contributed by atoms with Crippen molar-refractivity contribution in [3.8, 4) is 0 Å². The Labute approximate surface area is 90.1 Å². The fourth-order valence-electron chi connectivity index (χ4n) is 0.801. The molecule has 6 heteroatoms. The third-order valence-corrected chi connectivity index (χ3v) is 2.10. The van der Waals surface area contributed by atoms with Crippen LogP contribution in [0.25, 0.3) is 0 Å². The first kappa shape index (κ1) is 10.8. The maximum absolute atomic E-state index is 10.9. The van der Waals surface area contributed by atoms with Crippen LogP contribution in [0.1, 0.15) is 0 Å². The lowest BCUT2D eigenvalue weighted by molar-refractivity contribution is -0.110. The van der Waals surface area contributed by atoms with Crippen LogP contribution in [0, 0.1) is 0 Å². The number of oxime groups is 1. The van der Waals surface area contributed by atoms with Crippen LogP contribution in [0.3, 0.4) is 0 Å². The number of benzene rings is 1. The average molecular weight is 233 g/mol. The van der Waals surface area contributed by atoms with Gasteiger partial charge in [-0.3, -0.25) is 4.79 Å². The van der Waals surface area contributed by atoms with Crippen molar-refractivity contribution in [2.24, 2.45) is 5.16 Å². The van der Waals surface area contributed by atoms with E-state index in [1.807, 2.05) is 0 Å². The predicted octanol–water partition coefficient (Wildman–Crippen LogP) is 2.39. The summed E-state index contributed by atoms with van der Waals surface area (Å²) in [5, 5.41) is 13.8. The molecule has 0 aliphatic carbocycles. The monoisotopic (exact) mass is 232 g/mol. The standard InChI is InChI=1S/C8H6Cl2N2O2/c9-6-2-1-5(3-7(6)10)12-8(13)4-11-14/h1-4,14H,(H,12,13). The zero-order valence-corrected chi connectivity index (χ0v) is 8.38. The molecule has 0 bridgehead atoms. The molecule has 14 heavy (non-hydrogen) atoms.